The van der Waals surface area contributed by atoms with Crippen LogP contribution < -0.4 is 43.6 Å². The van der Waals surface area contributed by atoms with E-state index in [0.717, 1.165) is 17.5 Å². The Hall–Kier alpha value is -4.77. The molecule has 4 unspecified atom stereocenters. The van der Waals surface area contributed by atoms with E-state index < -0.39 is 41.7 Å². The van der Waals surface area contributed by atoms with Gasteiger partial charge in [-0.25, -0.2) is 15.2 Å². The summed E-state index contributed by atoms with van der Waals surface area (Å²) in [5.41, 5.74) is 18.5. The zero-order valence-electron chi connectivity index (χ0n) is 36.6. The number of nitrogens with one attached hydrogen (secondary N) is 6. The number of aromatic nitrogens is 1. The normalized spacial score (nSPS) is 13.0. The molecule has 0 bridgehead atoms. The molecule has 0 saturated carbocycles. The van der Waals surface area contributed by atoms with Gasteiger partial charge in [-0.1, -0.05) is 57.5 Å². The van der Waals surface area contributed by atoms with Gasteiger partial charge >= 0.3 is 6.09 Å². The third kappa shape index (κ3) is 23.4. The highest BCUT2D eigenvalue weighted by molar-refractivity contribution is 7.09. The van der Waals surface area contributed by atoms with Crippen molar-refractivity contribution >= 4 is 47.0 Å². The molecule has 62 heavy (non-hydrogen) atoms. The zero-order valence-corrected chi connectivity index (χ0v) is 37.4. The maximum Gasteiger partial charge on any atom is 0.426 e. The molecule has 20 nitrogen and oxygen atoms in total. The van der Waals surface area contributed by atoms with E-state index in [0.29, 0.717) is 24.5 Å². The van der Waals surface area contributed by atoms with Crippen LogP contribution in [0.25, 0.3) is 0 Å². The second-order valence-corrected chi connectivity index (χ2v) is 15.7. The Kier molecular flexibility index (Phi) is 26.8. The average molecular weight is 894 g/mol. The first-order valence-corrected chi connectivity index (χ1v) is 21.7. The van der Waals surface area contributed by atoms with Crippen molar-refractivity contribution in [2.75, 3.05) is 79.0 Å². The minimum absolute atomic E-state index is 0.0698. The number of ether oxygens (including phenoxy) is 5. The highest BCUT2D eigenvalue weighted by Crippen LogP contribution is 2.28. The van der Waals surface area contributed by atoms with Crippen LogP contribution in [0.15, 0.2) is 29.6 Å². The number of nitrogens with two attached hydrogens (primary N) is 2. The number of hydrogen-bond acceptors (Lipinski definition) is 15. The van der Waals surface area contributed by atoms with Crippen LogP contribution in [0.4, 0.5) is 4.79 Å². The largest absolute Gasteiger partial charge is 0.446 e. The van der Waals surface area contributed by atoms with Gasteiger partial charge in [0.15, 0.2) is 0 Å². The summed E-state index contributed by atoms with van der Waals surface area (Å²) in [6.07, 6.45) is 0.979. The fourth-order valence-electron chi connectivity index (χ4n) is 5.38. The molecule has 10 N–H and O–H groups in total. The van der Waals surface area contributed by atoms with Gasteiger partial charge in [0.1, 0.15) is 23.4 Å². The number of rotatable bonds is 31. The summed E-state index contributed by atoms with van der Waals surface area (Å²) in [5, 5.41) is 12.7. The van der Waals surface area contributed by atoms with Crippen molar-refractivity contribution in [2.24, 2.45) is 23.3 Å². The standard InChI is InChI=1S/C41H67N9O11S/c1-6-12-60-34(22-32(43)27(2)3)40-48-33(26-62-40)39(55)47-31(21-30-9-7-28(4)8-10-30)20-29(5)38(54)49-50-41(56)61-19-18-59-17-16-58-15-14-57-13-11-44-36(52)24-46-37(53)25-45-35(51)23-42/h7-10,26-27,29,31-32,34H,6,11-25,42-43H2,1-5H3,(H,44,52)(H,45,51)(H,46,53)(H,47,55)(H,49,54)(H,50,56). The van der Waals surface area contributed by atoms with Crippen molar-refractivity contribution < 1.29 is 52.5 Å². The molecule has 2 rings (SSSR count). The van der Waals surface area contributed by atoms with Crippen LogP contribution in [0, 0.1) is 18.8 Å². The van der Waals surface area contributed by atoms with Crippen LogP contribution in [0.1, 0.15) is 79.7 Å². The van der Waals surface area contributed by atoms with Crippen molar-refractivity contribution in [3.05, 3.63) is 51.5 Å². The minimum atomic E-state index is -0.865. The second kappa shape index (κ2) is 31.1. The molecular weight excluding hydrogens is 827 g/mol. The first-order chi connectivity index (χ1) is 29.7. The number of hydrazine groups is 1. The Morgan fingerprint density at radius 1 is 0.774 bits per heavy atom. The summed E-state index contributed by atoms with van der Waals surface area (Å²) in [6, 6.07) is 7.43. The number of nitrogens with zero attached hydrogens (tertiary/aromatic N) is 1. The lowest BCUT2D eigenvalue weighted by molar-refractivity contribution is -0.127. The van der Waals surface area contributed by atoms with Gasteiger partial charge in [0.25, 0.3) is 5.91 Å². The van der Waals surface area contributed by atoms with Crippen LogP contribution in [0.5, 0.6) is 0 Å². The molecule has 0 aliphatic carbocycles. The lowest BCUT2D eigenvalue weighted by Crippen LogP contribution is -2.46. The van der Waals surface area contributed by atoms with E-state index in [1.807, 2.05) is 38.1 Å². The molecule has 1 aromatic carbocycles. The Morgan fingerprint density at radius 2 is 1.39 bits per heavy atom. The van der Waals surface area contributed by atoms with Gasteiger partial charge in [0, 0.05) is 36.5 Å². The van der Waals surface area contributed by atoms with E-state index in [1.165, 1.54) is 11.3 Å². The van der Waals surface area contributed by atoms with E-state index in [-0.39, 0.29) is 109 Å². The van der Waals surface area contributed by atoms with Crippen LogP contribution >= 0.6 is 11.3 Å². The Bertz CT molecular complexity index is 1650. The Balaban J connectivity index is 1.67. The summed E-state index contributed by atoms with van der Waals surface area (Å²) in [6.45, 7) is 11.2. The van der Waals surface area contributed by atoms with Crippen molar-refractivity contribution in [1.29, 1.82) is 0 Å². The molecule has 2 aromatic rings. The molecule has 1 heterocycles. The molecule has 0 aliphatic heterocycles. The highest BCUT2D eigenvalue weighted by Gasteiger charge is 2.26. The quantitative estimate of drug-likeness (QED) is 0.0384. The van der Waals surface area contributed by atoms with Crippen LogP contribution in [0.3, 0.4) is 0 Å². The van der Waals surface area contributed by atoms with E-state index in [2.05, 4.69) is 51.0 Å². The maximum absolute atomic E-state index is 13.5. The first kappa shape index (κ1) is 53.4. The van der Waals surface area contributed by atoms with Crippen LogP contribution in [-0.4, -0.2) is 132 Å². The third-order valence-corrected chi connectivity index (χ3v) is 9.99. The summed E-state index contributed by atoms with van der Waals surface area (Å²) in [7, 11) is 0. The molecule has 6 amide bonds. The van der Waals surface area contributed by atoms with Crippen molar-refractivity contribution in [3.63, 3.8) is 0 Å². The van der Waals surface area contributed by atoms with Gasteiger partial charge in [-0.05, 0) is 44.1 Å². The Labute approximate surface area is 368 Å². The maximum atomic E-state index is 13.5. The molecule has 4 atom stereocenters. The van der Waals surface area contributed by atoms with Gasteiger partial charge in [-0.2, -0.15) is 0 Å². The van der Waals surface area contributed by atoms with Crippen LogP contribution in [0.2, 0.25) is 0 Å². The molecular formula is C41H67N9O11S. The number of amides is 6. The molecule has 0 saturated heterocycles. The molecule has 0 radical (unpaired) electrons. The van der Waals surface area contributed by atoms with Crippen molar-refractivity contribution in [3.8, 4) is 0 Å². The SMILES string of the molecule is CCCOC(CC(N)C(C)C)c1nc(C(=O)NC(Cc2ccc(C)cc2)CC(C)C(=O)NNC(=O)OCCOCCOCCOCCNC(=O)CNC(=O)CNC(=O)CN)cs1. The molecule has 0 spiro atoms. The predicted octanol–water partition coefficient (Wildman–Crippen LogP) is 0.774. The van der Waals surface area contributed by atoms with Crippen molar-refractivity contribution in [2.45, 2.75) is 78.5 Å². The fraction of sp³-hybridized carbons (Fsp3) is 0.634. The number of thiazole rings is 1. The topological polar surface area (TPSA) is 286 Å². The molecule has 0 fully saturated rings. The number of aryl methyl sites for hydroxylation is 1. The molecule has 21 heteroatoms. The monoisotopic (exact) mass is 893 g/mol. The lowest BCUT2D eigenvalue weighted by Gasteiger charge is -2.22. The Morgan fingerprint density at radius 3 is 2.02 bits per heavy atom. The summed E-state index contributed by atoms with van der Waals surface area (Å²) < 4.78 is 27.3. The third-order valence-electron chi connectivity index (χ3n) is 9.06. The number of carbonyl (C=O) groups is 6. The minimum Gasteiger partial charge on any atom is -0.446 e. The number of carbonyl (C=O) groups excluding carboxylic acids is 6. The smallest absolute Gasteiger partial charge is 0.426 e. The number of hydrogen-bond donors (Lipinski definition) is 8. The predicted molar refractivity (Wildman–Crippen MR) is 232 cm³/mol. The summed E-state index contributed by atoms with van der Waals surface area (Å²) in [4.78, 5) is 77.7. The van der Waals surface area contributed by atoms with Crippen molar-refractivity contribution in [1.82, 2.24) is 37.1 Å². The van der Waals surface area contributed by atoms with E-state index in [1.54, 1.807) is 12.3 Å². The van der Waals surface area contributed by atoms with Gasteiger partial charge < -0.3 is 56.4 Å². The summed E-state index contributed by atoms with van der Waals surface area (Å²) in [5.74, 6) is -2.57. The highest BCUT2D eigenvalue weighted by atomic mass is 32.1. The molecule has 1 aromatic heterocycles. The molecule has 0 aliphatic rings. The second-order valence-electron chi connectivity index (χ2n) is 14.8. The van der Waals surface area contributed by atoms with Gasteiger partial charge in [0.05, 0.1) is 59.3 Å². The summed E-state index contributed by atoms with van der Waals surface area (Å²) >= 11 is 1.36. The van der Waals surface area contributed by atoms with E-state index >= 15 is 0 Å². The van der Waals surface area contributed by atoms with Crippen LogP contribution in [-0.2, 0) is 49.3 Å². The fourth-order valence-corrected chi connectivity index (χ4v) is 6.24. The van der Waals surface area contributed by atoms with Gasteiger partial charge in [-0.3, -0.25) is 29.4 Å². The lowest BCUT2D eigenvalue weighted by atomic mass is 9.95. The number of benzene rings is 1. The van der Waals surface area contributed by atoms with Gasteiger partial charge in [-0.15, -0.1) is 11.3 Å². The van der Waals surface area contributed by atoms with Gasteiger partial charge in [0.2, 0.25) is 23.6 Å². The average Bonchev–Trinajstić information content (AvgIpc) is 3.75. The van der Waals surface area contributed by atoms with E-state index in [9.17, 15) is 28.8 Å². The zero-order chi connectivity index (χ0) is 45.7. The molecule has 348 valence electrons. The van der Waals surface area contributed by atoms with E-state index in [4.69, 9.17) is 35.2 Å². The first-order valence-electron chi connectivity index (χ1n) is 20.9.